The number of fused-ring (bicyclic) bond motifs is 7. The van der Waals surface area contributed by atoms with Gasteiger partial charge >= 0.3 is 0 Å². The largest absolute Gasteiger partial charge is 0.455 e. The lowest BCUT2D eigenvalue weighted by Crippen LogP contribution is -2.11. The standard InChI is InChI=1S/C48H31NO/c1-2-14-36-31-37(24-23-32(36)11-1)33-25-28-38(29-26-33)49(44-21-9-15-34-12-3-5-16-39(34)44)45-20-8-7-18-41(45)42-19-10-22-46-47(42)43-30-27-35-13-4-6-17-40(35)48(43)50-46/h1-31H/i3D,5D,9D,12D,15D,16D,21D,25D,26D,28D,29D. The Balaban J connectivity index is 1.34. The van der Waals surface area contributed by atoms with E-state index in [0.717, 1.165) is 32.3 Å². The summed E-state index contributed by atoms with van der Waals surface area (Å²) >= 11 is 0. The predicted octanol–water partition coefficient (Wildman–Crippen LogP) is 13.8. The molecule has 0 saturated heterocycles. The fourth-order valence-corrected chi connectivity index (χ4v) is 6.90. The fourth-order valence-electron chi connectivity index (χ4n) is 6.90. The maximum atomic E-state index is 9.68. The molecule has 10 rings (SSSR count). The molecule has 234 valence electrons. The number of hydrogen-bond acceptors (Lipinski definition) is 2. The first-order chi connectivity index (χ1) is 29.4. The van der Waals surface area contributed by atoms with E-state index in [4.69, 9.17) is 11.3 Å². The number of furan rings is 1. The maximum absolute atomic E-state index is 9.68. The third kappa shape index (κ3) is 4.57. The third-order valence-corrected chi connectivity index (χ3v) is 9.21. The monoisotopic (exact) mass is 648 g/mol. The molecule has 9 aromatic carbocycles. The maximum Gasteiger partial charge on any atom is 0.143 e. The molecule has 1 aromatic heterocycles. The summed E-state index contributed by atoms with van der Waals surface area (Å²) in [5.74, 6) is 0. The van der Waals surface area contributed by atoms with Crippen LogP contribution in [0.5, 0.6) is 0 Å². The highest BCUT2D eigenvalue weighted by atomic mass is 16.3. The molecule has 2 heteroatoms. The average molecular weight is 649 g/mol. The molecule has 0 N–H and O–H groups in total. The second-order valence-electron chi connectivity index (χ2n) is 12.1. The Bertz CT molecular complexity index is 3490. The van der Waals surface area contributed by atoms with E-state index in [1.807, 2.05) is 84.9 Å². The van der Waals surface area contributed by atoms with Crippen LogP contribution in [0.4, 0.5) is 17.1 Å². The van der Waals surface area contributed by atoms with Crippen LogP contribution in [0.2, 0.25) is 0 Å². The van der Waals surface area contributed by atoms with Crippen molar-refractivity contribution < 1.29 is 19.5 Å². The third-order valence-electron chi connectivity index (χ3n) is 9.21. The first kappa shape index (κ1) is 19.4. The highest BCUT2D eigenvalue weighted by molar-refractivity contribution is 6.20. The average Bonchev–Trinajstić information content (AvgIpc) is 3.68. The molecule has 0 fully saturated rings. The molecule has 0 saturated carbocycles. The molecule has 1 heterocycles. The van der Waals surface area contributed by atoms with Gasteiger partial charge < -0.3 is 9.32 Å². The van der Waals surface area contributed by atoms with Crippen LogP contribution in [-0.4, -0.2) is 0 Å². The van der Waals surface area contributed by atoms with E-state index < -0.39 is 54.4 Å². The zero-order valence-electron chi connectivity index (χ0n) is 37.4. The molecule has 0 atom stereocenters. The minimum absolute atomic E-state index is 0.0418. The van der Waals surface area contributed by atoms with Gasteiger partial charge in [0.05, 0.1) is 26.5 Å². The van der Waals surface area contributed by atoms with Crippen molar-refractivity contribution in [2.75, 3.05) is 4.90 Å². The number of anilines is 3. The van der Waals surface area contributed by atoms with Crippen LogP contribution in [0.15, 0.2) is 192 Å². The zero-order valence-corrected chi connectivity index (χ0v) is 26.4. The van der Waals surface area contributed by atoms with E-state index in [1.54, 1.807) is 36.4 Å². The van der Waals surface area contributed by atoms with Crippen LogP contribution in [-0.2, 0) is 0 Å². The topological polar surface area (TPSA) is 16.4 Å². The summed E-state index contributed by atoms with van der Waals surface area (Å²) in [7, 11) is 0. The van der Waals surface area contributed by atoms with Gasteiger partial charge in [0.15, 0.2) is 0 Å². The van der Waals surface area contributed by atoms with Crippen LogP contribution in [0.25, 0.3) is 76.5 Å². The lowest BCUT2D eigenvalue weighted by Gasteiger charge is -2.29. The second kappa shape index (κ2) is 11.5. The quantitative estimate of drug-likeness (QED) is 0.185. The van der Waals surface area contributed by atoms with Crippen molar-refractivity contribution in [3.05, 3.63) is 188 Å². The van der Waals surface area contributed by atoms with Gasteiger partial charge in [-0.05, 0) is 80.6 Å². The molecule has 0 spiro atoms. The molecule has 10 aromatic rings. The van der Waals surface area contributed by atoms with E-state index in [-0.39, 0.29) is 45.5 Å². The minimum atomic E-state index is -0.646. The van der Waals surface area contributed by atoms with Gasteiger partial charge in [0, 0.05) is 32.8 Å². The summed E-state index contributed by atoms with van der Waals surface area (Å²) in [5.41, 5.74) is 2.48. The minimum Gasteiger partial charge on any atom is -0.455 e. The first-order valence-electron chi connectivity index (χ1n) is 21.7. The molecule has 0 aliphatic carbocycles. The van der Waals surface area contributed by atoms with Crippen molar-refractivity contribution >= 4 is 71.3 Å². The van der Waals surface area contributed by atoms with Gasteiger partial charge in [0.25, 0.3) is 0 Å². The van der Waals surface area contributed by atoms with E-state index in [1.165, 1.54) is 4.90 Å². The number of hydrogen-bond donors (Lipinski definition) is 0. The fraction of sp³-hybridized carbons (Fsp3) is 0. The van der Waals surface area contributed by atoms with Gasteiger partial charge in [0.1, 0.15) is 11.2 Å². The molecular formula is C48H31NO. The molecule has 0 unspecified atom stereocenters. The van der Waals surface area contributed by atoms with Gasteiger partial charge in [-0.1, -0.05) is 145 Å². The van der Waals surface area contributed by atoms with Gasteiger partial charge in [-0.2, -0.15) is 0 Å². The summed E-state index contributed by atoms with van der Waals surface area (Å²) in [5, 5.41) is 4.61. The molecule has 0 radical (unpaired) electrons. The molecular weight excluding hydrogens is 607 g/mol. The molecule has 0 amide bonds. The van der Waals surface area contributed by atoms with Crippen molar-refractivity contribution in [2.24, 2.45) is 0 Å². The molecule has 2 nitrogen and oxygen atoms in total. The number of rotatable bonds is 5. The summed E-state index contributed by atoms with van der Waals surface area (Å²) in [6.07, 6.45) is 0. The number of benzene rings is 9. The second-order valence-corrected chi connectivity index (χ2v) is 12.1. The van der Waals surface area contributed by atoms with Crippen molar-refractivity contribution in [3.63, 3.8) is 0 Å². The van der Waals surface area contributed by atoms with E-state index >= 15 is 0 Å². The summed E-state index contributed by atoms with van der Waals surface area (Å²) in [6, 6.07) is 31.3. The Morgan fingerprint density at radius 2 is 1.18 bits per heavy atom. The summed E-state index contributed by atoms with van der Waals surface area (Å²) in [4.78, 5) is 1.31. The SMILES string of the molecule is [2H]c1c([2H])c(N(c2ccccc2-c2cccc3oc4c5ccccc5ccc4c23)c2c([2H])c([2H])c([2H])c3c([2H])c([2H])c([2H])c([2H])c23)c([2H])c([2H])c1-c1ccc2ccccc2c1. The van der Waals surface area contributed by atoms with Crippen LogP contribution in [0, 0.1) is 0 Å². The number of para-hydroxylation sites is 1. The molecule has 50 heavy (non-hydrogen) atoms. The van der Waals surface area contributed by atoms with Crippen LogP contribution < -0.4 is 4.90 Å². The molecule has 0 aliphatic rings. The van der Waals surface area contributed by atoms with Crippen molar-refractivity contribution in [3.8, 4) is 22.3 Å². The van der Waals surface area contributed by atoms with Crippen molar-refractivity contribution in [2.45, 2.75) is 0 Å². The molecule has 0 aliphatic heterocycles. The number of nitrogens with zero attached hydrogens (tertiary/aromatic N) is 1. The summed E-state index contributed by atoms with van der Waals surface area (Å²) < 4.78 is 107. The Labute approximate surface area is 305 Å². The van der Waals surface area contributed by atoms with Crippen molar-refractivity contribution in [1.29, 1.82) is 0 Å². The van der Waals surface area contributed by atoms with Gasteiger partial charge in [-0.15, -0.1) is 0 Å². The zero-order chi connectivity index (χ0) is 42.6. The van der Waals surface area contributed by atoms with E-state index in [0.29, 0.717) is 27.9 Å². The highest BCUT2D eigenvalue weighted by Gasteiger charge is 2.22. The Morgan fingerprint density at radius 3 is 2.10 bits per heavy atom. The normalized spacial score (nSPS) is 14.7. The van der Waals surface area contributed by atoms with E-state index in [2.05, 4.69) is 0 Å². The Hall–Kier alpha value is -6.64. The smallest absolute Gasteiger partial charge is 0.143 e. The molecule has 0 bridgehead atoms. The van der Waals surface area contributed by atoms with Gasteiger partial charge in [-0.3, -0.25) is 0 Å². The lowest BCUT2D eigenvalue weighted by molar-refractivity contribution is 0.673. The van der Waals surface area contributed by atoms with Gasteiger partial charge in [0.2, 0.25) is 0 Å². The first-order valence-corrected chi connectivity index (χ1v) is 16.2. The van der Waals surface area contributed by atoms with Crippen LogP contribution >= 0.6 is 0 Å². The van der Waals surface area contributed by atoms with Crippen molar-refractivity contribution in [1.82, 2.24) is 0 Å². The Kier molecular flexibility index (Phi) is 4.46. The van der Waals surface area contributed by atoms with Gasteiger partial charge in [-0.25, -0.2) is 0 Å². The summed E-state index contributed by atoms with van der Waals surface area (Å²) in [6.45, 7) is 0. The van der Waals surface area contributed by atoms with Crippen LogP contribution in [0.3, 0.4) is 0 Å². The highest BCUT2D eigenvalue weighted by Crippen LogP contribution is 2.47. The van der Waals surface area contributed by atoms with E-state index in [9.17, 15) is 8.22 Å². The van der Waals surface area contributed by atoms with Crippen LogP contribution in [0.1, 0.15) is 15.1 Å². The Morgan fingerprint density at radius 1 is 0.440 bits per heavy atom. The lowest BCUT2D eigenvalue weighted by atomic mass is 9.95. The predicted molar refractivity (Wildman–Crippen MR) is 212 cm³/mol.